The number of aromatic nitrogens is 1. The Kier molecular flexibility index (Phi) is 7.54. The van der Waals surface area contributed by atoms with Crippen molar-refractivity contribution in [2.45, 2.75) is 39.4 Å². The Morgan fingerprint density at radius 3 is 2.45 bits per heavy atom. The van der Waals surface area contributed by atoms with Crippen LogP contribution in [-0.2, 0) is 24.9 Å². The molecule has 0 bridgehead atoms. The van der Waals surface area contributed by atoms with E-state index >= 15 is 0 Å². The Morgan fingerprint density at radius 2 is 1.84 bits per heavy atom. The number of amides is 3. The molecule has 0 aliphatic heterocycles. The number of nitrogens with zero attached hydrogens (tertiary/aromatic N) is 3. The van der Waals surface area contributed by atoms with Crippen LogP contribution in [-0.4, -0.2) is 38.9 Å². The zero-order valence-corrected chi connectivity index (χ0v) is 18.3. The van der Waals surface area contributed by atoms with Gasteiger partial charge in [-0.2, -0.15) is 0 Å². The van der Waals surface area contributed by atoms with Crippen molar-refractivity contribution < 1.29 is 14.0 Å². The smallest absolute Gasteiger partial charge is 0.322 e. The molecular formula is C24H30N4O3. The molecular weight excluding hydrogens is 392 g/mol. The number of carbonyl (C=O) groups is 2. The fourth-order valence-electron chi connectivity index (χ4n) is 3.29. The molecule has 0 aliphatic rings. The van der Waals surface area contributed by atoms with Crippen LogP contribution >= 0.6 is 0 Å². The Bertz CT molecular complexity index is 966. The van der Waals surface area contributed by atoms with E-state index in [0.717, 1.165) is 12.1 Å². The van der Waals surface area contributed by atoms with Crippen LogP contribution in [0.15, 0.2) is 71.5 Å². The lowest BCUT2D eigenvalue weighted by Gasteiger charge is -2.31. The average Bonchev–Trinajstić information content (AvgIpc) is 3.43. The van der Waals surface area contributed by atoms with Gasteiger partial charge in [-0.1, -0.05) is 25.1 Å². The van der Waals surface area contributed by atoms with Crippen molar-refractivity contribution in [2.75, 3.05) is 11.9 Å². The minimum Gasteiger partial charge on any atom is -0.467 e. The molecule has 7 nitrogen and oxygen atoms in total. The minimum atomic E-state index is -0.286. The molecule has 0 aliphatic carbocycles. The molecule has 0 saturated heterocycles. The molecule has 0 spiro atoms. The van der Waals surface area contributed by atoms with Crippen LogP contribution in [0.4, 0.5) is 10.5 Å². The number of para-hydroxylation sites is 1. The first-order valence-corrected chi connectivity index (χ1v) is 10.5. The van der Waals surface area contributed by atoms with Gasteiger partial charge < -0.3 is 24.1 Å². The molecule has 3 aromatic rings. The summed E-state index contributed by atoms with van der Waals surface area (Å²) in [5.74, 6) is 0.562. The van der Waals surface area contributed by atoms with Gasteiger partial charge in [-0.3, -0.25) is 4.79 Å². The number of aryl methyl sites for hydroxylation is 1. The summed E-state index contributed by atoms with van der Waals surface area (Å²) >= 11 is 0. The van der Waals surface area contributed by atoms with E-state index in [1.807, 2.05) is 80.2 Å². The number of benzene rings is 1. The van der Waals surface area contributed by atoms with Crippen molar-refractivity contribution in [1.29, 1.82) is 0 Å². The summed E-state index contributed by atoms with van der Waals surface area (Å²) in [5.41, 5.74) is 1.70. The molecule has 1 N–H and O–H groups in total. The fourth-order valence-corrected chi connectivity index (χ4v) is 3.29. The quantitative estimate of drug-likeness (QED) is 0.553. The van der Waals surface area contributed by atoms with E-state index in [0.29, 0.717) is 24.5 Å². The van der Waals surface area contributed by atoms with Crippen molar-refractivity contribution in [2.24, 2.45) is 7.05 Å². The van der Waals surface area contributed by atoms with Gasteiger partial charge in [0.2, 0.25) is 5.91 Å². The largest absolute Gasteiger partial charge is 0.467 e. The van der Waals surface area contributed by atoms with Crippen molar-refractivity contribution in [1.82, 2.24) is 14.4 Å². The second-order valence-corrected chi connectivity index (χ2v) is 7.62. The predicted octanol–water partition coefficient (Wildman–Crippen LogP) is 4.48. The Labute approximate surface area is 183 Å². The lowest BCUT2D eigenvalue weighted by Crippen LogP contribution is -2.48. The fraction of sp³-hybridized carbons (Fsp3) is 0.333. The molecule has 3 rings (SSSR count). The molecule has 0 saturated carbocycles. The summed E-state index contributed by atoms with van der Waals surface area (Å²) in [7, 11) is 1.95. The van der Waals surface area contributed by atoms with Crippen molar-refractivity contribution in [3.05, 3.63) is 78.5 Å². The SMILES string of the molecule is CC[C@H](C)N(CC(=O)N(Cc1ccco1)Cc1cccn1C)C(=O)Nc1ccccc1. The van der Waals surface area contributed by atoms with Crippen LogP contribution in [0.2, 0.25) is 0 Å². The molecule has 3 amide bonds. The lowest BCUT2D eigenvalue weighted by molar-refractivity contribution is -0.133. The number of hydrogen-bond acceptors (Lipinski definition) is 3. The molecule has 164 valence electrons. The van der Waals surface area contributed by atoms with Crippen molar-refractivity contribution >= 4 is 17.6 Å². The Balaban J connectivity index is 1.76. The Hall–Kier alpha value is -3.48. The molecule has 2 aromatic heterocycles. The zero-order valence-electron chi connectivity index (χ0n) is 18.3. The monoisotopic (exact) mass is 422 g/mol. The van der Waals surface area contributed by atoms with Crippen LogP contribution in [0.3, 0.4) is 0 Å². The molecule has 2 heterocycles. The number of carbonyl (C=O) groups excluding carboxylic acids is 2. The highest BCUT2D eigenvalue weighted by atomic mass is 16.3. The average molecular weight is 423 g/mol. The number of hydrogen-bond donors (Lipinski definition) is 1. The third-order valence-electron chi connectivity index (χ3n) is 5.40. The van der Waals surface area contributed by atoms with E-state index in [4.69, 9.17) is 4.42 Å². The number of nitrogens with one attached hydrogen (secondary N) is 1. The van der Waals surface area contributed by atoms with Crippen LogP contribution in [0.5, 0.6) is 0 Å². The molecule has 0 unspecified atom stereocenters. The summed E-state index contributed by atoms with van der Waals surface area (Å²) in [4.78, 5) is 29.6. The van der Waals surface area contributed by atoms with Crippen molar-refractivity contribution in [3.63, 3.8) is 0 Å². The third kappa shape index (κ3) is 6.01. The first kappa shape index (κ1) is 22.2. The zero-order chi connectivity index (χ0) is 22.2. The van der Waals surface area contributed by atoms with E-state index in [9.17, 15) is 9.59 Å². The van der Waals surface area contributed by atoms with Gasteiger partial charge in [0, 0.05) is 30.7 Å². The second-order valence-electron chi connectivity index (χ2n) is 7.62. The van der Waals surface area contributed by atoms with Gasteiger partial charge >= 0.3 is 6.03 Å². The maximum atomic E-state index is 13.3. The summed E-state index contributed by atoms with van der Waals surface area (Å²) < 4.78 is 7.45. The molecule has 1 atom stereocenters. The normalized spacial score (nSPS) is 11.7. The highest BCUT2D eigenvalue weighted by Crippen LogP contribution is 2.15. The van der Waals surface area contributed by atoms with Gasteiger partial charge in [-0.05, 0) is 49.7 Å². The highest BCUT2D eigenvalue weighted by molar-refractivity contribution is 5.92. The standard InChI is InChI=1S/C24H30N4O3/c1-4-19(2)28(24(30)25-20-10-6-5-7-11-20)18-23(29)27(17-22-13-9-15-31-22)16-21-12-8-14-26(21)3/h5-15,19H,4,16-18H2,1-3H3,(H,25,30)/t19-/m0/s1. The number of rotatable bonds is 9. The van der Waals surface area contributed by atoms with Crippen LogP contribution in [0.25, 0.3) is 0 Å². The number of furan rings is 1. The summed E-state index contributed by atoms with van der Waals surface area (Å²) in [6.07, 6.45) is 4.29. The van der Waals surface area contributed by atoms with E-state index in [-0.39, 0.29) is 24.5 Å². The van der Waals surface area contributed by atoms with Crippen LogP contribution < -0.4 is 5.32 Å². The van der Waals surface area contributed by atoms with Gasteiger partial charge in [-0.25, -0.2) is 4.79 Å². The van der Waals surface area contributed by atoms with Crippen LogP contribution in [0.1, 0.15) is 31.7 Å². The van der Waals surface area contributed by atoms with Crippen molar-refractivity contribution in [3.8, 4) is 0 Å². The molecule has 31 heavy (non-hydrogen) atoms. The van der Waals surface area contributed by atoms with Crippen LogP contribution in [0, 0.1) is 0 Å². The minimum absolute atomic E-state index is 0.0151. The highest BCUT2D eigenvalue weighted by Gasteiger charge is 2.26. The topological polar surface area (TPSA) is 70.7 Å². The molecule has 7 heteroatoms. The van der Waals surface area contributed by atoms with E-state index in [1.54, 1.807) is 22.1 Å². The summed E-state index contributed by atoms with van der Waals surface area (Å²) in [5, 5.41) is 2.90. The molecule has 0 fully saturated rings. The van der Waals surface area contributed by atoms with Gasteiger partial charge in [0.25, 0.3) is 0 Å². The van der Waals surface area contributed by atoms with Gasteiger partial charge in [0.15, 0.2) is 0 Å². The molecule has 1 aromatic carbocycles. The maximum absolute atomic E-state index is 13.3. The Morgan fingerprint density at radius 1 is 1.06 bits per heavy atom. The van der Waals surface area contributed by atoms with E-state index in [1.165, 1.54) is 0 Å². The van der Waals surface area contributed by atoms with Gasteiger partial charge in [0.05, 0.1) is 19.4 Å². The van der Waals surface area contributed by atoms with E-state index < -0.39 is 0 Å². The maximum Gasteiger partial charge on any atom is 0.322 e. The number of anilines is 1. The second kappa shape index (κ2) is 10.5. The summed E-state index contributed by atoms with van der Waals surface area (Å²) in [6, 6.07) is 16.5. The summed E-state index contributed by atoms with van der Waals surface area (Å²) in [6.45, 7) is 4.70. The number of urea groups is 1. The lowest BCUT2D eigenvalue weighted by atomic mass is 10.2. The van der Waals surface area contributed by atoms with Gasteiger partial charge in [-0.15, -0.1) is 0 Å². The predicted molar refractivity (Wildman–Crippen MR) is 120 cm³/mol. The van der Waals surface area contributed by atoms with Gasteiger partial charge in [0.1, 0.15) is 12.3 Å². The first-order chi connectivity index (χ1) is 15.0. The first-order valence-electron chi connectivity index (χ1n) is 10.5. The third-order valence-corrected chi connectivity index (χ3v) is 5.40. The van der Waals surface area contributed by atoms with E-state index in [2.05, 4.69) is 5.32 Å². The molecule has 0 radical (unpaired) electrons.